The summed E-state index contributed by atoms with van der Waals surface area (Å²) < 4.78 is 11.0. The molecule has 0 aromatic heterocycles. The number of ether oxygens (including phenoxy) is 2. The summed E-state index contributed by atoms with van der Waals surface area (Å²) in [5.41, 5.74) is 1.45. The van der Waals surface area contributed by atoms with Crippen LogP contribution in [0.5, 0.6) is 5.75 Å². The lowest BCUT2D eigenvalue weighted by Gasteiger charge is -2.38. The van der Waals surface area contributed by atoms with Gasteiger partial charge in [0.25, 0.3) is 5.91 Å². The summed E-state index contributed by atoms with van der Waals surface area (Å²) >= 11 is 0. The molecule has 1 saturated heterocycles. The Hall–Kier alpha value is -2.90. The van der Waals surface area contributed by atoms with Gasteiger partial charge in [-0.05, 0) is 29.8 Å². The largest absolute Gasteiger partial charge is 0.484 e. The molecule has 2 N–H and O–H groups in total. The number of aliphatic hydroxyl groups is 1. The van der Waals surface area contributed by atoms with E-state index in [1.807, 2.05) is 30.3 Å². The molecule has 1 heterocycles. The maximum Gasteiger partial charge on any atom is 0.262 e. The standard InChI is InChI=1S/C20H22N2O5/c1-22-17(11-23)20(27-13-19(22)25)14-7-9-15(10-8-14)21-18(24)12-26-16-5-3-2-4-6-16/h2-10,17,20,23H,11-13H2,1H3,(H,21,24). The molecule has 0 radical (unpaired) electrons. The Labute approximate surface area is 157 Å². The fourth-order valence-corrected chi connectivity index (χ4v) is 2.92. The van der Waals surface area contributed by atoms with E-state index < -0.39 is 12.1 Å². The zero-order valence-electron chi connectivity index (χ0n) is 15.0. The molecule has 0 saturated carbocycles. The predicted molar refractivity (Wildman–Crippen MR) is 99.3 cm³/mol. The van der Waals surface area contributed by atoms with Crippen molar-refractivity contribution in [2.24, 2.45) is 0 Å². The van der Waals surface area contributed by atoms with Gasteiger partial charge in [0.15, 0.2) is 6.61 Å². The number of rotatable bonds is 6. The molecule has 0 bridgehead atoms. The van der Waals surface area contributed by atoms with Crippen molar-refractivity contribution < 1.29 is 24.2 Å². The van der Waals surface area contributed by atoms with Crippen molar-refractivity contribution in [2.45, 2.75) is 12.1 Å². The van der Waals surface area contributed by atoms with Crippen LogP contribution in [0, 0.1) is 0 Å². The van der Waals surface area contributed by atoms with Gasteiger partial charge < -0.3 is 24.8 Å². The highest BCUT2D eigenvalue weighted by Crippen LogP contribution is 2.28. The highest BCUT2D eigenvalue weighted by molar-refractivity contribution is 5.91. The monoisotopic (exact) mass is 370 g/mol. The molecule has 142 valence electrons. The van der Waals surface area contributed by atoms with E-state index >= 15 is 0 Å². The Morgan fingerprint density at radius 1 is 1.22 bits per heavy atom. The predicted octanol–water partition coefficient (Wildman–Crippen LogP) is 1.59. The number of aliphatic hydroxyl groups excluding tert-OH is 1. The molecule has 7 nitrogen and oxygen atoms in total. The average molecular weight is 370 g/mol. The van der Waals surface area contributed by atoms with Crippen molar-refractivity contribution in [2.75, 3.05) is 32.2 Å². The van der Waals surface area contributed by atoms with Crippen LogP contribution in [0.3, 0.4) is 0 Å². The second-order valence-corrected chi connectivity index (χ2v) is 6.26. The molecular weight excluding hydrogens is 348 g/mol. The van der Waals surface area contributed by atoms with Crippen molar-refractivity contribution in [3.8, 4) is 5.75 Å². The van der Waals surface area contributed by atoms with Gasteiger partial charge in [-0.2, -0.15) is 0 Å². The summed E-state index contributed by atoms with van der Waals surface area (Å²) in [6, 6.07) is 15.8. The van der Waals surface area contributed by atoms with Gasteiger partial charge >= 0.3 is 0 Å². The lowest BCUT2D eigenvalue weighted by Crippen LogP contribution is -2.50. The van der Waals surface area contributed by atoms with Gasteiger partial charge in [-0.1, -0.05) is 30.3 Å². The molecule has 2 atom stereocenters. The highest BCUT2D eigenvalue weighted by Gasteiger charge is 2.34. The number of hydrogen-bond donors (Lipinski definition) is 2. The number of morpholine rings is 1. The number of benzene rings is 2. The Balaban J connectivity index is 1.58. The van der Waals surface area contributed by atoms with Crippen LogP contribution in [-0.4, -0.2) is 54.7 Å². The highest BCUT2D eigenvalue weighted by atomic mass is 16.5. The zero-order chi connectivity index (χ0) is 19.2. The van der Waals surface area contributed by atoms with Crippen molar-refractivity contribution in [3.05, 3.63) is 60.2 Å². The minimum Gasteiger partial charge on any atom is -0.484 e. The van der Waals surface area contributed by atoms with Crippen LogP contribution < -0.4 is 10.1 Å². The van der Waals surface area contributed by atoms with E-state index in [0.29, 0.717) is 11.4 Å². The number of nitrogens with one attached hydrogen (secondary N) is 1. The molecule has 2 amide bonds. The van der Waals surface area contributed by atoms with Crippen molar-refractivity contribution in [1.29, 1.82) is 0 Å². The quantitative estimate of drug-likeness (QED) is 0.806. The maximum atomic E-state index is 12.0. The second-order valence-electron chi connectivity index (χ2n) is 6.26. The minimum atomic E-state index is -0.439. The van der Waals surface area contributed by atoms with Crippen LogP contribution in [0.2, 0.25) is 0 Å². The molecule has 0 aliphatic carbocycles. The first-order valence-electron chi connectivity index (χ1n) is 8.64. The first-order chi connectivity index (χ1) is 13.1. The lowest BCUT2D eigenvalue weighted by molar-refractivity contribution is -0.157. The second kappa shape index (κ2) is 8.66. The van der Waals surface area contributed by atoms with Gasteiger partial charge in [0, 0.05) is 12.7 Å². The first kappa shape index (κ1) is 18.9. The van der Waals surface area contributed by atoms with Crippen LogP contribution in [0.1, 0.15) is 11.7 Å². The molecule has 27 heavy (non-hydrogen) atoms. The smallest absolute Gasteiger partial charge is 0.262 e. The fraction of sp³-hybridized carbons (Fsp3) is 0.300. The number of anilines is 1. The summed E-state index contributed by atoms with van der Waals surface area (Å²) in [4.78, 5) is 25.2. The molecule has 2 aromatic rings. The molecule has 7 heteroatoms. The molecule has 2 aromatic carbocycles. The number of carbonyl (C=O) groups is 2. The number of nitrogens with zero attached hydrogens (tertiary/aromatic N) is 1. The van der Waals surface area contributed by atoms with Gasteiger partial charge in [0.05, 0.1) is 12.6 Å². The van der Waals surface area contributed by atoms with E-state index in [9.17, 15) is 14.7 Å². The zero-order valence-corrected chi connectivity index (χ0v) is 15.0. The van der Waals surface area contributed by atoms with Crippen LogP contribution >= 0.6 is 0 Å². The number of likely N-dealkylation sites (N-methyl/N-ethyl adjacent to an activating group) is 1. The fourth-order valence-electron chi connectivity index (χ4n) is 2.92. The number of para-hydroxylation sites is 1. The van der Waals surface area contributed by atoms with E-state index in [0.717, 1.165) is 5.56 Å². The van der Waals surface area contributed by atoms with Crippen LogP contribution in [0.15, 0.2) is 54.6 Å². The van der Waals surface area contributed by atoms with Crippen molar-refractivity contribution >= 4 is 17.5 Å². The normalized spacial score (nSPS) is 19.6. The Morgan fingerprint density at radius 3 is 2.59 bits per heavy atom. The third kappa shape index (κ3) is 4.64. The van der Waals surface area contributed by atoms with E-state index in [2.05, 4.69) is 5.32 Å². The summed E-state index contributed by atoms with van der Waals surface area (Å²) in [7, 11) is 1.65. The lowest BCUT2D eigenvalue weighted by atomic mass is 9.99. The van der Waals surface area contributed by atoms with Crippen LogP contribution in [0.25, 0.3) is 0 Å². The van der Waals surface area contributed by atoms with E-state index in [1.54, 1.807) is 31.3 Å². The molecule has 1 fully saturated rings. The molecule has 0 spiro atoms. The molecule has 1 aliphatic rings. The Bertz CT molecular complexity index is 779. The third-order valence-electron chi connectivity index (χ3n) is 4.45. The maximum absolute atomic E-state index is 12.0. The summed E-state index contributed by atoms with van der Waals surface area (Å²) in [5.74, 6) is 0.206. The number of carbonyl (C=O) groups excluding carboxylic acids is 2. The van der Waals surface area contributed by atoms with E-state index in [1.165, 1.54) is 4.90 Å². The van der Waals surface area contributed by atoms with Crippen molar-refractivity contribution in [3.63, 3.8) is 0 Å². The van der Waals surface area contributed by atoms with Gasteiger partial charge in [-0.15, -0.1) is 0 Å². The van der Waals surface area contributed by atoms with Gasteiger partial charge in [0.1, 0.15) is 18.5 Å². The summed E-state index contributed by atoms with van der Waals surface area (Å²) in [6.45, 7) is -0.299. The Kier molecular flexibility index (Phi) is 6.05. The molecular formula is C20H22N2O5. The topological polar surface area (TPSA) is 88.1 Å². The molecule has 2 unspecified atom stereocenters. The average Bonchev–Trinajstić information content (AvgIpc) is 2.70. The van der Waals surface area contributed by atoms with E-state index in [4.69, 9.17) is 9.47 Å². The first-order valence-corrected chi connectivity index (χ1v) is 8.64. The SMILES string of the molecule is CN1C(=O)COC(c2ccc(NC(=O)COc3ccccc3)cc2)C1CO. The Morgan fingerprint density at radius 2 is 1.93 bits per heavy atom. The summed E-state index contributed by atoms with van der Waals surface area (Å²) in [5, 5.41) is 12.4. The van der Waals surface area contributed by atoms with Crippen molar-refractivity contribution in [1.82, 2.24) is 4.90 Å². The van der Waals surface area contributed by atoms with E-state index in [-0.39, 0.29) is 31.6 Å². The van der Waals surface area contributed by atoms with Crippen LogP contribution in [-0.2, 0) is 14.3 Å². The van der Waals surface area contributed by atoms with Gasteiger partial charge in [0.2, 0.25) is 5.91 Å². The molecule has 3 rings (SSSR count). The van der Waals surface area contributed by atoms with Gasteiger partial charge in [-0.25, -0.2) is 0 Å². The number of hydrogen-bond acceptors (Lipinski definition) is 5. The van der Waals surface area contributed by atoms with Gasteiger partial charge in [-0.3, -0.25) is 9.59 Å². The molecule has 1 aliphatic heterocycles. The minimum absolute atomic E-state index is 0.0209. The summed E-state index contributed by atoms with van der Waals surface area (Å²) in [6.07, 6.45) is -0.413. The third-order valence-corrected chi connectivity index (χ3v) is 4.45. The number of amides is 2. The van der Waals surface area contributed by atoms with Crippen LogP contribution in [0.4, 0.5) is 5.69 Å².